The largest absolute Gasteiger partial charge is 0.491 e. The minimum atomic E-state index is -0.598. The average molecular weight is 396 g/mol. The van der Waals surface area contributed by atoms with Crippen molar-refractivity contribution in [1.82, 2.24) is 0 Å². The summed E-state index contributed by atoms with van der Waals surface area (Å²) >= 11 is 0. The third-order valence-electron chi connectivity index (χ3n) is 4.34. The molecule has 0 spiro atoms. The molecule has 2 aromatic rings. The van der Waals surface area contributed by atoms with Crippen LogP contribution in [0.15, 0.2) is 48.5 Å². The van der Waals surface area contributed by atoms with Crippen LogP contribution in [0, 0.1) is 0 Å². The summed E-state index contributed by atoms with van der Waals surface area (Å²) in [6.45, 7) is 4.03. The average Bonchev–Trinajstić information content (AvgIpc) is 3.12. The van der Waals surface area contributed by atoms with Crippen LogP contribution in [0.5, 0.6) is 5.75 Å². The van der Waals surface area contributed by atoms with Crippen LogP contribution in [0.1, 0.15) is 37.0 Å². The lowest BCUT2D eigenvalue weighted by Crippen LogP contribution is -2.27. The minimum absolute atomic E-state index is 0.0306. The normalized spacial score (nSPS) is 13.5. The molecule has 1 aliphatic heterocycles. The fraction of sp³-hybridized carbons (Fsp3) is 0.318. The van der Waals surface area contributed by atoms with Crippen molar-refractivity contribution in [3.63, 3.8) is 0 Å². The SMILES string of the molecule is CC(C)Oc1ccc(C(=O)OCC(=O)Nc2ccccc2N2CCCC2=O)cc1. The predicted molar refractivity (Wildman–Crippen MR) is 109 cm³/mol. The number of ether oxygens (including phenoxy) is 2. The quantitative estimate of drug-likeness (QED) is 0.725. The number of para-hydroxylation sites is 2. The van der Waals surface area contributed by atoms with Gasteiger partial charge in [0.15, 0.2) is 6.61 Å². The summed E-state index contributed by atoms with van der Waals surface area (Å²) < 4.78 is 10.6. The Hall–Kier alpha value is -3.35. The summed E-state index contributed by atoms with van der Waals surface area (Å²) in [5.74, 6) is -0.387. The Morgan fingerprint density at radius 1 is 1.10 bits per heavy atom. The first-order valence-corrected chi connectivity index (χ1v) is 9.57. The van der Waals surface area contributed by atoms with Crippen molar-refractivity contribution < 1.29 is 23.9 Å². The first-order valence-electron chi connectivity index (χ1n) is 9.57. The van der Waals surface area contributed by atoms with Gasteiger partial charge in [0.1, 0.15) is 5.75 Å². The lowest BCUT2D eigenvalue weighted by molar-refractivity contribution is -0.119. The zero-order valence-corrected chi connectivity index (χ0v) is 16.5. The molecule has 0 unspecified atom stereocenters. The van der Waals surface area contributed by atoms with Gasteiger partial charge in [0.05, 0.1) is 23.0 Å². The van der Waals surface area contributed by atoms with E-state index in [2.05, 4.69) is 5.32 Å². The van der Waals surface area contributed by atoms with Crippen molar-refractivity contribution in [2.24, 2.45) is 0 Å². The second kappa shape index (κ2) is 9.23. The molecule has 29 heavy (non-hydrogen) atoms. The number of benzene rings is 2. The number of esters is 1. The molecular weight excluding hydrogens is 372 g/mol. The van der Waals surface area contributed by atoms with Crippen molar-refractivity contribution in [3.05, 3.63) is 54.1 Å². The maximum Gasteiger partial charge on any atom is 0.338 e. The van der Waals surface area contributed by atoms with Crippen LogP contribution in [0.2, 0.25) is 0 Å². The standard InChI is InChI=1S/C22H24N2O5/c1-15(2)29-17-11-9-16(10-12-17)22(27)28-14-20(25)23-18-6-3-4-7-19(18)24-13-5-8-21(24)26/h3-4,6-7,9-12,15H,5,8,13-14H2,1-2H3,(H,23,25). The fourth-order valence-corrected chi connectivity index (χ4v) is 3.06. The zero-order chi connectivity index (χ0) is 20.8. The van der Waals surface area contributed by atoms with Gasteiger partial charge in [-0.1, -0.05) is 12.1 Å². The summed E-state index contributed by atoms with van der Waals surface area (Å²) in [5.41, 5.74) is 1.49. The highest BCUT2D eigenvalue weighted by atomic mass is 16.5. The summed E-state index contributed by atoms with van der Waals surface area (Å²) in [5, 5.41) is 2.72. The number of amides is 2. The molecule has 1 aliphatic rings. The van der Waals surface area contributed by atoms with Gasteiger partial charge in [-0.15, -0.1) is 0 Å². The first-order chi connectivity index (χ1) is 13.9. The topological polar surface area (TPSA) is 84.9 Å². The summed E-state index contributed by atoms with van der Waals surface area (Å²) in [6, 6.07) is 13.6. The van der Waals surface area contributed by atoms with Crippen molar-refractivity contribution in [2.75, 3.05) is 23.4 Å². The van der Waals surface area contributed by atoms with E-state index >= 15 is 0 Å². The molecule has 3 rings (SSSR count). The molecule has 1 heterocycles. The van der Waals surface area contributed by atoms with Crippen LogP contribution in [-0.2, 0) is 14.3 Å². The smallest absolute Gasteiger partial charge is 0.338 e. The zero-order valence-electron chi connectivity index (χ0n) is 16.5. The Morgan fingerprint density at radius 3 is 2.48 bits per heavy atom. The van der Waals surface area contributed by atoms with E-state index in [1.54, 1.807) is 47.4 Å². The van der Waals surface area contributed by atoms with Crippen molar-refractivity contribution in [1.29, 1.82) is 0 Å². The molecule has 0 saturated carbocycles. The molecule has 1 fully saturated rings. The van der Waals surface area contributed by atoms with Gasteiger partial charge in [-0.2, -0.15) is 0 Å². The second-order valence-corrected chi connectivity index (χ2v) is 6.98. The van der Waals surface area contributed by atoms with E-state index in [0.717, 1.165) is 6.42 Å². The Balaban J connectivity index is 1.56. The van der Waals surface area contributed by atoms with Crippen molar-refractivity contribution in [3.8, 4) is 5.75 Å². The van der Waals surface area contributed by atoms with Crippen LogP contribution in [0.3, 0.4) is 0 Å². The van der Waals surface area contributed by atoms with Crippen LogP contribution in [0.4, 0.5) is 11.4 Å². The second-order valence-electron chi connectivity index (χ2n) is 6.98. The molecule has 1 N–H and O–H groups in total. The highest BCUT2D eigenvalue weighted by molar-refractivity contribution is 6.02. The molecular formula is C22H24N2O5. The summed E-state index contributed by atoms with van der Waals surface area (Å²) in [4.78, 5) is 38.1. The molecule has 0 radical (unpaired) electrons. The Morgan fingerprint density at radius 2 is 1.83 bits per heavy atom. The lowest BCUT2D eigenvalue weighted by atomic mass is 10.2. The molecule has 152 valence electrons. The molecule has 2 amide bonds. The maximum absolute atomic E-state index is 12.3. The maximum atomic E-state index is 12.3. The molecule has 0 bridgehead atoms. The lowest BCUT2D eigenvalue weighted by Gasteiger charge is -2.19. The van der Waals surface area contributed by atoms with E-state index in [1.165, 1.54) is 0 Å². The van der Waals surface area contributed by atoms with Gasteiger partial charge >= 0.3 is 5.97 Å². The highest BCUT2D eigenvalue weighted by Crippen LogP contribution is 2.29. The van der Waals surface area contributed by atoms with Gasteiger partial charge in [-0.05, 0) is 56.7 Å². The monoisotopic (exact) mass is 396 g/mol. The Kier molecular flexibility index (Phi) is 6.49. The fourth-order valence-electron chi connectivity index (χ4n) is 3.06. The molecule has 0 aliphatic carbocycles. The van der Waals surface area contributed by atoms with Gasteiger partial charge in [0.25, 0.3) is 5.91 Å². The van der Waals surface area contributed by atoms with E-state index in [4.69, 9.17) is 9.47 Å². The highest BCUT2D eigenvalue weighted by Gasteiger charge is 2.24. The summed E-state index contributed by atoms with van der Waals surface area (Å²) in [6.07, 6.45) is 1.33. The first kappa shape index (κ1) is 20.4. The number of carbonyl (C=O) groups excluding carboxylic acids is 3. The van der Waals surface area contributed by atoms with Gasteiger partial charge in [-0.3, -0.25) is 9.59 Å². The third kappa shape index (κ3) is 5.34. The molecule has 0 aromatic heterocycles. The van der Waals surface area contributed by atoms with Gasteiger partial charge in [0.2, 0.25) is 5.91 Å². The Bertz CT molecular complexity index is 892. The van der Waals surface area contributed by atoms with Gasteiger partial charge in [0, 0.05) is 13.0 Å². The van der Waals surface area contributed by atoms with Crippen molar-refractivity contribution in [2.45, 2.75) is 32.8 Å². The van der Waals surface area contributed by atoms with Gasteiger partial charge < -0.3 is 19.7 Å². The van der Waals surface area contributed by atoms with Crippen LogP contribution >= 0.6 is 0 Å². The molecule has 7 heteroatoms. The Labute approximate surface area is 169 Å². The molecule has 0 atom stereocenters. The number of nitrogens with zero attached hydrogens (tertiary/aromatic N) is 1. The third-order valence-corrected chi connectivity index (χ3v) is 4.34. The van der Waals surface area contributed by atoms with E-state index in [9.17, 15) is 14.4 Å². The molecule has 1 saturated heterocycles. The molecule has 2 aromatic carbocycles. The van der Waals surface area contributed by atoms with E-state index in [1.807, 2.05) is 19.9 Å². The van der Waals surface area contributed by atoms with E-state index < -0.39 is 18.5 Å². The van der Waals surface area contributed by atoms with E-state index in [0.29, 0.717) is 35.7 Å². The van der Waals surface area contributed by atoms with Crippen LogP contribution in [-0.4, -0.2) is 37.0 Å². The van der Waals surface area contributed by atoms with Gasteiger partial charge in [-0.25, -0.2) is 4.79 Å². The number of nitrogens with one attached hydrogen (secondary N) is 1. The predicted octanol–water partition coefficient (Wildman–Crippen LogP) is 3.40. The van der Waals surface area contributed by atoms with Crippen LogP contribution < -0.4 is 15.0 Å². The van der Waals surface area contributed by atoms with Crippen LogP contribution in [0.25, 0.3) is 0 Å². The number of anilines is 2. The number of rotatable bonds is 7. The minimum Gasteiger partial charge on any atom is -0.491 e. The number of hydrogen-bond acceptors (Lipinski definition) is 5. The van der Waals surface area contributed by atoms with Crippen molar-refractivity contribution >= 4 is 29.2 Å². The summed E-state index contributed by atoms with van der Waals surface area (Å²) in [7, 11) is 0. The molecule has 7 nitrogen and oxygen atoms in total. The number of hydrogen-bond donors (Lipinski definition) is 1. The van der Waals surface area contributed by atoms with E-state index in [-0.39, 0.29) is 12.0 Å². The number of carbonyl (C=O) groups is 3.